The summed E-state index contributed by atoms with van der Waals surface area (Å²) in [5.41, 5.74) is 0. The number of anilines is 1. The third-order valence-corrected chi connectivity index (χ3v) is 4.36. The largest absolute Gasteiger partial charge is 0.370 e. The van der Waals surface area contributed by atoms with Crippen molar-refractivity contribution in [3.63, 3.8) is 0 Å². The summed E-state index contributed by atoms with van der Waals surface area (Å²) in [6.45, 7) is 2.47. The first-order valence-corrected chi connectivity index (χ1v) is 8.48. The van der Waals surface area contributed by atoms with Crippen LogP contribution in [0.5, 0.6) is 0 Å². The summed E-state index contributed by atoms with van der Waals surface area (Å²) in [5, 5.41) is 5.75. The van der Waals surface area contributed by atoms with Gasteiger partial charge in [0.1, 0.15) is 5.82 Å². The first kappa shape index (κ1) is 15.7. The highest BCUT2D eigenvalue weighted by Crippen LogP contribution is 2.18. The maximum atomic E-state index is 12.1. The molecule has 1 aliphatic carbocycles. The summed E-state index contributed by atoms with van der Waals surface area (Å²) in [6.07, 6.45) is 4.28. The Bertz CT molecular complexity index is 599. The Morgan fingerprint density at radius 3 is 2.86 bits per heavy atom. The van der Waals surface area contributed by atoms with Crippen LogP contribution in [0.3, 0.4) is 0 Å². The van der Waals surface area contributed by atoms with Crippen molar-refractivity contribution in [2.24, 2.45) is 0 Å². The third kappa shape index (κ3) is 4.98. The molecule has 0 unspecified atom stereocenters. The molecule has 1 aliphatic rings. The van der Waals surface area contributed by atoms with Crippen LogP contribution in [-0.4, -0.2) is 38.4 Å². The van der Waals surface area contributed by atoms with Gasteiger partial charge in [0.05, 0.1) is 11.4 Å². The van der Waals surface area contributed by atoms with Gasteiger partial charge in [-0.2, -0.15) is 0 Å². The molecule has 0 spiro atoms. The molecule has 0 bridgehead atoms. The molecular formula is C13H20N4O3S. The fraction of sp³-hybridized carbons (Fsp3) is 0.538. The summed E-state index contributed by atoms with van der Waals surface area (Å²) in [7, 11) is -3.71. The number of hydrogen-bond donors (Lipinski definition) is 3. The fourth-order valence-corrected chi connectivity index (χ4v) is 2.67. The van der Waals surface area contributed by atoms with Crippen molar-refractivity contribution in [1.29, 1.82) is 0 Å². The molecule has 0 aliphatic heterocycles. The molecule has 1 heterocycles. The molecule has 8 heteroatoms. The lowest BCUT2D eigenvalue weighted by atomic mass is 10.4. The molecule has 1 saturated carbocycles. The van der Waals surface area contributed by atoms with Crippen molar-refractivity contribution in [2.45, 2.75) is 37.1 Å². The van der Waals surface area contributed by atoms with Crippen LogP contribution in [0.15, 0.2) is 23.2 Å². The molecule has 0 atom stereocenters. The van der Waals surface area contributed by atoms with Crippen molar-refractivity contribution in [3.8, 4) is 0 Å². The van der Waals surface area contributed by atoms with Crippen molar-refractivity contribution < 1.29 is 13.2 Å². The van der Waals surface area contributed by atoms with Crippen LogP contribution < -0.4 is 15.4 Å². The van der Waals surface area contributed by atoms with Gasteiger partial charge in [-0.05, 0) is 25.3 Å². The molecule has 1 fully saturated rings. The van der Waals surface area contributed by atoms with Crippen molar-refractivity contribution in [2.75, 3.05) is 18.4 Å². The van der Waals surface area contributed by atoms with E-state index in [1.807, 2.05) is 6.92 Å². The van der Waals surface area contributed by atoms with Crippen molar-refractivity contribution in [1.82, 2.24) is 15.0 Å². The van der Waals surface area contributed by atoms with E-state index >= 15 is 0 Å². The Balaban J connectivity index is 1.95. The second-order valence-corrected chi connectivity index (χ2v) is 6.74. The minimum absolute atomic E-state index is 0.0929. The second-order valence-electron chi connectivity index (χ2n) is 4.97. The van der Waals surface area contributed by atoms with E-state index in [0.29, 0.717) is 12.4 Å². The van der Waals surface area contributed by atoms with Crippen molar-refractivity contribution >= 4 is 21.7 Å². The molecule has 7 nitrogen and oxygen atoms in total. The quantitative estimate of drug-likeness (QED) is 0.647. The van der Waals surface area contributed by atoms with E-state index in [-0.39, 0.29) is 23.4 Å². The first-order chi connectivity index (χ1) is 10.0. The number of amides is 1. The zero-order chi connectivity index (χ0) is 15.3. The molecule has 1 amide bonds. The highest BCUT2D eigenvalue weighted by atomic mass is 32.2. The van der Waals surface area contributed by atoms with E-state index in [4.69, 9.17) is 0 Å². The minimum Gasteiger partial charge on any atom is -0.370 e. The second kappa shape index (κ2) is 6.86. The molecule has 21 heavy (non-hydrogen) atoms. The smallest absolute Gasteiger partial charge is 0.241 e. The highest BCUT2D eigenvalue weighted by Gasteiger charge is 2.24. The van der Waals surface area contributed by atoms with Crippen LogP contribution >= 0.6 is 0 Å². The lowest BCUT2D eigenvalue weighted by molar-refractivity contribution is -0.120. The maximum Gasteiger partial charge on any atom is 0.241 e. The van der Waals surface area contributed by atoms with E-state index in [1.54, 1.807) is 0 Å². The van der Waals surface area contributed by atoms with Gasteiger partial charge in [0, 0.05) is 24.8 Å². The van der Waals surface area contributed by atoms with E-state index in [1.165, 1.54) is 18.3 Å². The fourth-order valence-electron chi connectivity index (χ4n) is 1.68. The van der Waals surface area contributed by atoms with Crippen LogP contribution in [-0.2, 0) is 14.8 Å². The Kier molecular flexibility index (Phi) is 5.13. The van der Waals surface area contributed by atoms with Gasteiger partial charge in [-0.3, -0.25) is 4.79 Å². The van der Waals surface area contributed by atoms with Crippen molar-refractivity contribution in [3.05, 3.63) is 18.3 Å². The molecule has 116 valence electrons. The predicted molar refractivity (Wildman–Crippen MR) is 79.4 cm³/mol. The number of carbonyl (C=O) groups is 1. The Labute approximate surface area is 124 Å². The van der Waals surface area contributed by atoms with Gasteiger partial charge in [0.15, 0.2) is 0 Å². The lowest BCUT2D eigenvalue weighted by Crippen LogP contribution is -2.37. The van der Waals surface area contributed by atoms with Crippen LogP contribution in [0.4, 0.5) is 5.82 Å². The van der Waals surface area contributed by atoms with Gasteiger partial charge in [-0.25, -0.2) is 18.1 Å². The molecule has 1 aromatic rings. The Morgan fingerprint density at radius 2 is 2.19 bits per heavy atom. The summed E-state index contributed by atoms with van der Waals surface area (Å²) < 4.78 is 26.5. The monoisotopic (exact) mass is 312 g/mol. The molecule has 0 saturated heterocycles. The van der Waals surface area contributed by atoms with Gasteiger partial charge in [0.25, 0.3) is 0 Å². The van der Waals surface area contributed by atoms with E-state index < -0.39 is 10.0 Å². The zero-order valence-electron chi connectivity index (χ0n) is 11.9. The number of nitrogens with one attached hydrogen (secondary N) is 3. The number of nitrogens with zero attached hydrogens (tertiary/aromatic N) is 1. The lowest BCUT2D eigenvalue weighted by Gasteiger charge is -2.09. The van der Waals surface area contributed by atoms with Gasteiger partial charge in [0.2, 0.25) is 15.9 Å². The predicted octanol–water partition coefficient (Wildman–Crippen LogP) is 0.460. The van der Waals surface area contributed by atoms with Crippen LogP contribution in [0.25, 0.3) is 0 Å². The van der Waals surface area contributed by atoms with Gasteiger partial charge < -0.3 is 10.6 Å². The standard InChI is InChI=1S/C13H20N4O3S/c1-2-6-14-12-8-11(5-7-15-12)21(19,20)16-9-13(18)17-10-3-4-10/h5,7-8,10,16H,2-4,6,9H2,1H3,(H,14,15)(H,17,18). The maximum absolute atomic E-state index is 12.1. The summed E-state index contributed by atoms with van der Waals surface area (Å²) >= 11 is 0. The van der Waals surface area contributed by atoms with Crippen LogP contribution in [0.2, 0.25) is 0 Å². The van der Waals surface area contributed by atoms with E-state index in [0.717, 1.165) is 19.3 Å². The van der Waals surface area contributed by atoms with E-state index in [9.17, 15) is 13.2 Å². The molecule has 2 rings (SSSR count). The van der Waals surface area contributed by atoms with Gasteiger partial charge in [-0.1, -0.05) is 6.92 Å². The molecule has 3 N–H and O–H groups in total. The zero-order valence-corrected chi connectivity index (χ0v) is 12.7. The molecule has 0 radical (unpaired) electrons. The number of hydrogen-bond acceptors (Lipinski definition) is 5. The normalized spacial score (nSPS) is 14.7. The van der Waals surface area contributed by atoms with Crippen LogP contribution in [0, 0.1) is 0 Å². The van der Waals surface area contributed by atoms with Gasteiger partial charge >= 0.3 is 0 Å². The number of pyridine rings is 1. The van der Waals surface area contributed by atoms with E-state index in [2.05, 4.69) is 20.3 Å². The third-order valence-electron chi connectivity index (χ3n) is 2.96. The summed E-state index contributed by atoms with van der Waals surface area (Å²) in [4.78, 5) is 15.7. The Hall–Kier alpha value is -1.67. The number of aromatic nitrogens is 1. The molecule has 1 aromatic heterocycles. The highest BCUT2D eigenvalue weighted by molar-refractivity contribution is 7.89. The average molecular weight is 312 g/mol. The number of sulfonamides is 1. The topological polar surface area (TPSA) is 100 Å². The Morgan fingerprint density at radius 1 is 1.43 bits per heavy atom. The number of carbonyl (C=O) groups excluding carboxylic acids is 1. The SMILES string of the molecule is CCCNc1cc(S(=O)(=O)NCC(=O)NC2CC2)ccn1. The first-order valence-electron chi connectivity index (χ1n) is 7.00. The summed E-state index contributed by atoms with van der Waals surface area (Å²) in [6, 6.07) is 3.07. The molecule has 0 aromatic carbocycles. The molecular weight excluding hydrogens is 292 g/mol. The number of rotatable bonds is 8. The van der Waals surface area contributed by atoms with Gasteiger partial charge in [-0.15, -0.1) is 0 Å². The summed E-state index contributed by atoms with van der Waals surface area (Å²) in [5.74, 6) is 0.196. The minimum atomic E-state index is -3.71. The average Bonchev–Trinajstić information content (AvgIpc) is 3.27. The van der Waals surface area contributed by atoms with Crippen LogP contribution in [0.1, 0.15) is 26.2 Å².